The van der Waals surface area contributed by atoms with Crippen molar-refractivity contribution in [1.29, 1.82) is 0 Å². The van der Waals surface area contributed by atoms with Crippen LogP contribution in [0.15, 0.2) is 66.7 Å². The highest BCUT2D eigenvalue weighted by molar-refractivity contribution is 6.11. The Balaban J connectivity index is 1.49. The van der Waals surface area contributed by atoms with E-state index in [9.17, 15) is 19.2 Å². The molecule has 0 bridgehead atoms. The number of ketones is 1. The van der Waals surface area contributed by atoms with E-state index in [2.05, 4.69) is 5.32 Å². The largest absolute Gasteiger partial charge is 0.497 e. The highest BCUT2D eigenvalue weighted by Crippen LogP contribution is 2.27. The van der Waals surface area contributed by atoms with Gasteiger partial charge in [0.1, 0.15) is 29.0 Å². The van der Waals surface area contributed by atoms with Gasteiger partial charge in [-0.3, -0.25) is 9.59 Å². The Hall–Kier alpha value is -5.14. The van der Waals surface area contributed by atoms with Gasteiger partial charge < -0.3 is 43.4 Å². The number of methoxy groups -OCH3 is 3. The van der Waals surface area contributed by atoms with E-state index in [4.69, 9.17) is 33.2 Å². The molecule has 1 aliphatic heterocycles. The molecule has 2 atom stereocenters. The van der Waals surface area contributed by atoms with Gasteiger partial charge in [0.2, 0.25) is 0 Å². The predicted molar refractivity (Wildman–Crippen MR) is 173 cm³/mol. The van der Waals surface area contributed by atoms with Gasteiger partial charge in [0.05, 0.1) is 30.8 Å². The molecule has 0 aliphatic carbocycles. The molecule has 48 heavy (non-hydrogen) atoms. The number of hydrogen-bond donors (Lipinski definition) is 1. The van der Waals surface area contributed by atoms with Crippen molar-refractivity contribution >= 4 is 23.8 Å². The van der Waals surface area contributed by atoms with Crippen LogP contribution in [-0.4, -0.2) is 94.4 Å². The minimum Gasteiger partial charge on any atom is -0.497 e. The van der Waals surface area contributed by atoms with Crippen LogP contribution >= 0.6 is 0 Å². The van der Waals surface area contributed by atoms with Crippen LogP contribution in [0.2, 0.25) is 0 Å². The zero-order valence-corrected chi connectivity index (χ0v) is 27.8. The number of likely N-dealkylation sites (tertiary alicyclic amines) is 1. The minimum absolute atomic E-state index is 0.00788. The van der Waals surface area contributed by atoms with Crippen molar-refractivity contribution in [3.8, 4) is 17.2 Å². The molecule has 3 aromatic carbocycles. The van der Waals surface area contributed by atoms with Crippen LogP contribution in [0.5, 0.6) is 17.2 Å². The summed E-state index contributed by atoms with van der Waals surface area (Å²) in [5.74, 6) is -0.187. The summed E-state index contributed by atoms with van der Waals surface area (Å²) in [7, 11) is 4.46. The molecule has 0 saturated carbocycles. The van der Waals surface area contributed by atoms with Crippen molar-refractivity contribution in [3.63, 3.8) is 0 Å². The third kappa shape index (κ3) is 9.46. The molecule has 13 heteroatoms. The fraction of sp³-hybridized carbons (Fsp3) is 0.371. The standard InChI is InChI=1S/C35H40N2O11/c1-35(2,3)48-34(41)37-18-28(36-32(39)23-11-13-25(14-12-23)45-20-42-4)30(19-37)47-33(40)24-9-7-22(8-10-24)31(38)27-17-26(44-6)15-16-29(27)46-21-43-5/h7-17,28,30H,18-21H2,1-6H3,(H,36,39). The second kappa shape index (κ2) is 16.1. The number of ether oxygens (including phenoxy) is 7. The summed E-state index contributed by atoms with van der Waals surface area (Å²) in [4.78, 5) is 54.1. The number of hydrogen-bond acceptors (Lipinski definition) is 11. The SMILES string of the molecule is COCOc1ccc(C(=O)NC2CN(C(=O)OC(C)(C)C)CC2OC(=O)c2ccc(C(=O)c3cc(OC)ccc3OCOC)cc2)cc1. The molecule has 3 aromatic rings. The van der Waals surface area contributed by atoms with E-state index in [-0.39, 0.29) is 43.6 Å². The third-order valence-corrected chi connectivity index (χ3v) is 7.10. The van der Waals surface area contributed by atoms with E-state index >= 15 is 0 Å². The van der Waals surface area contributed by atoms with Crippen molar-refractivity contribution in [1.82, 2.24) is 10.2 Å². The zero-order chi connectivity index (χ0) is 34.8. The maximum absolute atomic E-state index is 13.4. The van der Waals surface area contributed by atoms with Gasteiger partial charge in [0, 0.05) is 31.9 Å². The van der Waals surface area contributed by atoms with Gasteiger partial charge in [-0.2, -0.15) is 0 Å². The summed E-state index contributed by atoms with van der Waals surface area (Å²) in [6.07, 6.45) is -1.49. The second-order valence-corrected chi connectivity index (χ2v) is 11.8. The number of benzene rings is 3. The number of carbonyl (C=O) groups excluding carboxylic acids is 4. The van der Waals surface area contributed by atoms with Gasteiger partial charge in [-0.15, -0.1) is 0 Å². The van der Waals surface area contributed by atoms with Crippen molar-refractivity contribution in [2.45, 2.75) is 38.5 Å². The first-order valence-electron chi connectivity index (χ1n) is 15.1. The Morgan fingerprint density at radius 1 is 0.771 bits per heavy atom. The van der Waals surface area contributed by atoms with Crippen LogP contribution in [0.25, 0.3) is 0 Å². The lowest BCUT2D eigenvalue weighted by Gasteiger charge is -2.24. The predicted octanol–water partition coefficient (Wildman–Crippen LogP) is 4.47. The average Bonchev–Trinajstić information content (AvgIpc) is 3.47. The first-order chi connectivity index (χ1) is 22.9. The first kappa shape index (κ1) is 35.7. The minimum atomic E-state index is -0.892. The molecule has 1 saturated heterocycles. The van der Waals surface area contributed by atoms with Gasteiger partial charge in [-0.1, -0.05) is 12.1 Å². The molecular weight excluding hydrogens is 624 g/mol. The molecule has 1 heterocycles. The molecule has 256 valence electrons. The molecule has 2 unspecified atom stereocenters. The Bertz CT molecular complexity index is 1580. The lowest BCUT2D eigenvalue weighted by Crippen LogP contribution is -2.44. The number of nitrogens with zero attached hydrogens (tertiary/aromatic N) is 1. The molecule has 0 spiro atoms. The van der Waals surface area contributed by atoms with Crippen molar-refractivity contribution in [2.75, 3.05) is 48.0 Å². The van der Waals surface area contributed by atoms with Crippen LogP contribution in [0, 0.1) is 0 Å². The van der Waals surface area contributed by atoms with E-state index in [1.54, 1.807) is 63.2 Å². The molecule has 13 nitrogen and oxygen atoms in total. The molecule has 2 amide bonds. The van der Waals surface area contributed by atoms with Crippen molar-refractivity contribution < 1.29 is 52.3 Å². The Morgan fingerprint density at radius 2 is 1.38 bits per heavy atom. The molecule has 1 N–H and O–H groups in total. The fourth-order valence-corrected chi connectivity index (χ4v) is 4.77. The van der Waals surface area contributed by atoms with Gasteiger partial charge in [-0.05, 0) is 75.4 Å². The quantitative estimate of drug-likeness (QED) is 0.157. The fourth-order valence-electron chi connectivity index (χ4n) is 4.77. The van der Waals surface area contributed by atoms with Gasteiger partial charge in [0.25, 0.3) is 5.91 Å². The zero-order valence-electron chi connectivity index (χ0n) is 27.8. The molecule has 0 radical (unpaired) electrons. The summed E-state index contributed by atoms with van der Waals surface area (Å²) in [5, 5.41) is 2.88. The molecule has 1 fully saturated rings. The second-order valence-electron chi connectivity index (χ2n) is 11.8. The van der Waals surface area contributed by atoms with E-state index in [1.165, 1.54) is 50.5 Å². The molecular formula is C35H40N2O11. The summed E-state index contributed by atoms with van der Waals surface area (Å²) < 4.78 is 37.4. The van der Waals surface area contributed by atoms with Gasteiger partial charge in [0.15, 0.2) is 19.4 Å². The van der Waals surface area contributed by atoms with Crippen LogP contribution < -0.4 is 19.5 Å². The maximum Gasteiger partial charge on any atom is 0.410 e. The molecule has 4 rings (SSSR count). The van der Waals surface area contributed by atoms with Crippen LogP contribution in [0.1, 0.15) is 57.4 Å². The van der Waals surface area contributed by atoms with Gasteiger partial charge in [-0.25, -0.2) is 9.59 Å². The van der Waals surface area contributed by atoms with E-state index < -0.39 is 35.7 Å². The Morgan fingerprint density at radius 3 is 2.00 bits per heavy atom. The first-order valence-corrected chi connectivity index (χ1v) is 15.1. The Labute approximate surface area is 278 Å². The highest BCUT2D eigenvalue weighted by Gasteiger charge is 2.40. The van der Waals surface area contributed by atoms with E-state index in [1.807, 2.05) is 0 Å². The van der Waals surface area contributed by atoms with Crippen LogP contribution in [0.3, 0.4) is 0 Å². The number of esters is 1. The lowest BCUT2D eigenvalue weighted by molar-refractivity contribution is 0.0178. The monoisotopic (exact) mass is 664 g/mol. The summed E-state index contributed by atoms with van der Waals surface area (Å²) >= 11 is 0. The number of rotatable bonds is 13. The summed E-state index contributed by atoms with van der Waals surface area (Å²) in [6.45, 7) is 5.28. The molecule has 0 aromatic heterocycles. The summed E-state index contributed by atoms with van der Waals surface area (Å²) in [5.41, 5.74) is 0.305. The topological polar surface area (TPSA) is 148 Å². The average molecular weight is 665 g/mol. The van der Waals surface area contributed by atoms with E-state index in [0.29, 0.717) is 28.4 Å². The van der Waals surface area contributed by atoms with Crippen molar-refractivity contribution in [2.24, 2.45) is 0 Å². The molecule has 1 aliphatic rings. The third-order valence-electron chi connectivity index (χ3n) is 7.10. The highest BCUT2D eigenvalue weighted by atomic mass is 16.7. The smallest absolute Gasteiger partial charge is 0.410 e. The van der Waals surface area contributed by atoms with Gasteiger partial charge >= 0.3 is 12.1 Å². The lowest BCUT2D eigenvalue weighted by atomic mass is 10.0. The van der Waals surface area contributed by atoms with E-state index in [0.717, 1.165) is 0 Å². The van der Waals surface area contributed by atoms with Crippen LogP contribution in [0.4, 0.5) is 4.79 Å². The number of nitrogens with one attached hydrogen (secondary N) is 1. The summed E-state index contributed by atoms with van der Waals surface area (Å²) in [6, 6.07) is 16.5. The van der Waals surface area contributed by atoms with Crippen molar-refractivity contribution in [3.05, 3.63) is 89.0 Å². The maximum atomic E-state index is 13.4. The Kier molecular flexibility index (Phi) is 12.0. The van der Waals surface area contributed by atoms with Crippen LogP contribution in [-0.2, 0) is 18.9 Å². The number of amides is 2. The number of carbonyl (C=O) groups is 4. The normalized spacial score (nSPS) is 15.8.